The van der Waals surface area contributed by atoms with Crippen molar-refractivity contribution in [1.29, 1.82) is 0 Å². The van der Waals surface area contributed by atoms with Crippen LogP contribution in [-0.2, 0) is 9.47 Å². The SMILES string of the molecule is CCOC(=O)c1cc2c(cc1C(=O)OCC)=C1C(C)=CC(C)=CC(C)=C1C(C)=CC=2. The Morgan fingerprint density at radius 2 is 1.37 bits per heavy atom. The smallest absolute Gasteiger partial charge is 0.339 e. The van der Waals surface area contributed by atoms with E-state index in [0.717, 1.165) is 38.3 Å². The highest BCUT2D eigenvalue weighted by atomic mass is 16.5. The lowest BCUT2D eigenvalue weighted by Crippen LogP contribution is -2.31. The van der Waals surface area contributed by atoms with E-state index in [2.05, 4.69) is 45.9 Å². The van der Waals surface area contributed by atoms with Gasteiger partial charge in [0.2, 0.25) is 0 Å². The van der Waals surface area contributed by atoms with Crippen LogP contribution < -0.4 is 10.4 Å². The minimum absolute atomic E-state index is 0.227. The summed E-state index contributed by atoms with van der Waals surface area (Å²) >= 11 is 0. The number of fused-ring (bicyclic) bond motifs is 2. The zero-order chi connectivity index (χ0) is 22.0. The summed E-state index contributed by atoms with van der Waals surface area (Å²) in [6.07, 6.45) is 8.38. The zero-order valence-corrected chi connectivity index (χ0v) is 18.5. The molecule has 0 saturated carbocycles. The van der Waals surface area contributed by atoms with Crippen molar-refractivity contribution in [3.05, 3.63) is 79.8 Å². The molecule has 0 N–H and O–H groups in total. The first-order chi connectivity index (χ1) is 14.3. The van der Waals surface area contributed by atoms with Gasteiger partial charge in [-0.15, -0.1) is 0 Å². The van der Waals surface area contributed by atoms with Crippen molar-refractivity contribution in [3.63, 3.8) is 0 Å². The van der Waals surface area contributed by atoms with Crippen molar-refractivity contribution < 1.29 is 19.1 Å². The van der Waals surface area contributed by atoms with Crippen molar-refractivity contribution >= 4 is 23.6 Å². The van der Waals surface area contributed by atoms with Crippen LogP contribution in [0.25, 0.3) is 11.6 Å². The highest BCUT2D eigenvalue weighted by Crippen LogP contribution is 2.33. The van der Waals surface area contributed by atoms with E-state index in [4.69, 9.17) is 9.47 Å². The minimum atomic E-state index is -0.524. The van der Waals surface area contributed by atoms with E-state index in [0.29, 0.717) is 0 Å². The fourth-order valence-electron chi connectivity index (χ4n) is 4.14. The van der Waals surface area contributed by atoms with Crippen molar-refractivity contribution in [2.45, 2.75) is 41.5 Å². The average molecular weight is 405 g/mol. The molecule has 1 aromatic rings. The summed E-state index contributed by atoms with van der Waals surface area (Å²) in [7, 11) is 0. The maximum Gasteiger partial charge on any atom is 0.339 e. The summed E-state index contributed by atoms with van der Waals surface area (Å²) in [6, 6.07) is 3.52. The largest absolute Gasteiger partial charge is 0.462 e. The van der Waals surface area contributed by atoms with Crippen LogP contribution in [0.5, 0.6) is 0 Å². The second kappa shape index (κ2) is 8.70. The minimum Gasteiger partial charge on any atom is -0.462 e. The van der Waals surface area contributed by atoms with Gasteiger partial charge in [0.1, 0.15) is 0 Å². The molecule has 0 spiro atoms. The van der Waals surface area contributed by atoms with Gasteiger partial charge in [-0.25, -0.2) is 9.59 Å². The van der Waals surface area contributed by atoms with E-state index in [1.165, 1.54) is 5.57 Å². The van der Waals surface area contributed by atoms with Gasteiger partial charge in [-0.05, 0) is 92.0 Å². The Morgan fingerprint density at radius 1 is 0.767 bits per heavy atom. The molecule has 156 valence electrons. The Kier molecular flexibility index (Phi) is 6.25. The summed E-state index contributed by atoms with van der Waals surface area (Å²) in [5.74, 6) is -1.05. The summed E-state index contributed by atoms with van der Waals surface area (Å²) in [5.41, 5.74) is 7.25. The van der Waals surface area contributed by atoms with E-state index < -0.39 is 11.9 Å². The predicted octanol–water partition coefficient (Wildman–Crippen LogP) is 4.15. The van der Waals surface area contributed by atoms with Crippen LogP contribution in [0.1, 0.15) is 62.3 Å². The van der Waals surface area contributed by atoms with Crippen LogP contribution in [0.4, 0.5) is 0 Å². The lowest BCUT2D eigenvalue weighted by molar-refractivity contribution is 0.0478. The number of hydrogen-bond donors (Lipinski definition) is 0. The van der Waals surface area contributed by atoms with E-state index in [-0.39, 0.29) is 24.3 Å². The molecule has 0 saturated heterocycles. The van der Waals surface area contributed by atoms with E-state index in [9.17, 15) is 9.59 Å². The monoisotopic (exact) mass is 404 g/mol. The third kappa shape index (κ3) is 3.95. The molecule has 4 nitrogen and oxygen atoms in total. The molecule has 2 aliphatic rings. The molecule has 3 rings (SSSR count). The normalized spacial score (nSPS) is 15.5. The first-order valence-electron chi connectivity index (χ1n) is 10.3. The molecule has 0 unspecified atom stereocenters. The third-order valence-electron chi connectivity index (χ3n) is 5.28. The van der Waals surface area contributed by atoms with Gasteiger partial charge in [-0.3, -0.25) is 0 Å². The number of hydrogen-bond acceptors (Lipinski definition) is 4. The van der Waals surface area contributed by atoms with Gasteiger partial charge in [0, 0.05) is 0 Å². The van der Waals surface area contributed by atoms with Crippen LogP contribution in [0, 0.1) is 0 Å². The van der Waals surface area contributed by atoms with Crippen LogP contribution >= 0.6 is 0 Å². The number of allylic oxidation sites excluding steroid dienone is 8. The number of ether oxygens (including phenoxy) is 2. The molecule has 0 atom stereocenters. The second-order valence-electron chi connectivity index (χ2n) is 7.59. The molecule has 0 aromatic heterocycles. The highest BCUT2D eigenvalue weighted by molar-refractivity contribution is 6.03. The van der Waals surface area contributed by atoms with Crippen molar-refractivity contribution in [2.75, 3.05) is 13.2 Å². The average Bonchev–Trinajstić information content (AvgIpc) is 2.90. The molecular weight excluding hydrogens is 376 g/mol. The standard InChI is InChI=1S/C26H28O4/c1-7-29-25(27)21-13-19-10-9-16(4)23-17(5)11-15(3)12-18(6)24(23)20(19)14-22(21)26(28)30-8-2/h9-14H,7-8H2,1-6H3. The summed E-state index contributed by atoms with van der Waals surface area (Å²) < 4.78 is 10.5. The van der Waals surface area contributed by atoms with Gasteiger partial charge >= 0.3 is 11.9 Å². The van der Waals surface area contributed by atoms with Gasteiger partial charge in [0.05, 0.1) is 24.3 Å². The molecule has 1 aromatic carbocycles. The molecule has 0 bridgehead atoms. The van der Waals surface area contributed by atoms with Crippen LogP contribution in [-0.4, -0.2) is 25.2 Å². The van der Waals surface area contributed by atoms with Gasteiger partial charge in [-0.1, -0.05) is 29.9 Å². The molecule has 2 aliphatic carbocycles. The predicted molar refractivity (Wildman–Crippen MR) is 119 cm³/mol. The molecule has 30 heavy (non-hydrogen) atoms. The number of carbonyl (C=O) groups is 2. The highest BCUT2D eigenvalue weighted by Gasteiger charge is 2.23. The van der Waals surface area contributed by atoms with Crippen molar-refractivity contribution in [1.82, 2.24) is 0 Å². The first-order valence-corrected chi connectivity index (χ1v) is 10.3. The molecular formula is C26H28O4. The third-order valence-corrected chi connectivity index (χ3v) is 5.28. The van der Waals surface area contributed by atoms with Crippen molar-refractivity contribution in [3.8, 4) is 0 Å². The quantitative estimate of drug-likeness (QED) is 0.708. The van der Waals surface area contributed by atoms with E-state index >= 15 is 0 Å². The van der Waals surface area contributed by atoms with Crippen LogP contribution in [0.3, 0.4) is 0 Å². The molecule has 4 heteroatoms. The zero-order valence-electron chi connectivity index (χ0n) is 18.5. The molecule has 0 aliphatic heterocycles. The Bertz CT molecular complexity index is 1170. The lowest BCUT2D eigenvalue weighted by atomic mass is 9.89. The van der Waals surface area contributed by atoms with Gasteiger partial charge < -0.3 is 9.47 Å². The molecule has 0 amide bonds. The van der Waals surface area contributed by atoms with Gasteiger partial charge in [-0.2, -0.15) is 0 Å². The number of esters is 2. The van der Waals surface area contributed by atoms with E-state index in [1.54, 1.807) is 26.0 Å². The number of carbonyl (C=O) groups excluding carboxylic acids is 2. The summed E-state index contributed by atoms with van der Waals surface area (Å²) in [4.78, 5) is 25.3. The lowest BCUT2D eigenvalue weighted by Gasteiger charge is -2.15. The second-order valence-corrected chi connectivity index (χ2v) is 7.59. The Balaban J connectivity index is 2.48. The molecule has 0 heterocycles. The maximum atomic E-state index is 12.7. The molecule has 0 fully saturated rings. The molecule has 0 radical (unpaired) electrons. The van der Waals surface area contributed by atoms with Crippen LogP contribution in [0.15, 0.2) is 58.2 Å². The van der Waals surface area contributed by atoms with Gasteiger partial charge in [0.15, 0.2) is 0 Å². The van der Waals surface area contributed by atoms with Crippen molar-refractivity contribution in [2.24, 2.45) is 0 Å². The topological polar surface area (TPSA) is 52.6 Å². The Labute approximate surface area is 177 Å². The summed E-state index contributed by atoms with van der Waals surface area (Å²) in [5, 5.41) is 1.78. The fraction of sp³-hybridized carbons (Fsp3) is 0.308. The first kappa shape index (κ1) is 21.6. The fourth-order valence-corrected chi connectivity index (χ4v) is 4.14. The Morgan fingerprint density at radius 3 is 1.97 bits per heavy atom. The maximum absolute atomic E-state index is 12.7. The summed E-state index contributed by atoms with van der Waals surface area (Å²) in [6.45, 7) is 12.3. The van der Waals surface area contributed by atoms with Gasteiger partial charge in [0.25, 0.3) is 0 Å². The van der Waals surface area contributed by atoms with E-state index in [1.807, 2.05) is 6.08 Å². The number of benzene rings is 1. The number of rotatable bonds is 4. The Hall–Kier alpha value is -3.14. The van der Waals surface area contributed by atoms with Crippen LogP contribution in [0.2, 0.25) is 0 Å².